The summed E-state index contributed by atoms with van der Waals surface area (Å²) in [5.41, 5.74) is 0.561. The second kappa shape index (κ2) is 8.63. The van der Waals surface area contributed by atoms with Gasteiger partial charge in [-0.2, -0.15) is 4.98 Å². The molecule has 1 aliphatic heterocycles. The zero-order valence-corrected chi connectivity index (χ0v) is 18.9. The standard InChI is InChI=1S/C22H22ClN5O3S/c23-15-5-3-13(4-6-15)17(29)11-28-12-24-19-18(21(28)31)32-22(26-19)27-9-1-2-14(10-27)20(30)25-16-7-8-16/h3-6,12,14,16H,1-2,7-11H2,(H,25,30). The predicted octanol–water partition coefficient (Wildman–Crippen LogP) is 2.88. The lowest BCUT2D eigenvalue weighted by molar-refractivity contribution is -0.125. The Bertz CT molecular complexity index is 1230. The molecule has 1 saturated heterocycles. The summed E-state index contributed by atoms with van der Waals surface area (Å²) in [5, 5.41) is 4.32. The van der Waals surface area contributed by atoms with E-state index in [0.29, 0.717) is 38.7 Å². The highest BCUT2D eigenvalue weighted by atomic mass is 35.5. The van der Waals surface area contributed by atoms with E-state index >= 15 is 0 Å². The van der Waals surface area contributed by atoms with Gasteiger partial charge >= 0.3 is 0 Å². The van der Waals surface area contributed by atoms with E-state index in [4.69, 9.17) is 11.6 Å². The molecule has 2 aliphatic rings. The number of halogens is 1. The molecule has 1 saturated carbocycles. The molecule has 10 heteroatoms. The van der Waals surface area contributed by atoms with Crippen LogP contribution in [0.25, 0.3) is 10.3 Å². The van der Waals surface area contributed by atoms with Gasteiger partial charge in [0.05, 0.1) is 12.5 Å². The average Bonchev–Trinajstić information content (AvgIpc) is 3.50. The summed E-state index contributed by atoms with van der Waals surface area (Å²) >= 11 is 7.14. The fraction of sp³-hybridized carbons (Fsp3) is 0.409. The van der Waals surface area contributed by atoms with Crippen molar-refractivity contribution >= 4 is 50.1 Å². The molecular formula is C22H22ClN5O3S. The largest absolute Gasteiger partial charge is 0.353 e. The molecule has 3 aromatic rings. The van der Waals surface area contributed by atoms with E-state index in [-0.39, 0.29) is 29.7 Å². The third-order valence-electron chi connectivity index (χ3n) is 5.84. The fourth-order valence-corrected chi connectivity index (χ4v) is 5.01. The zero-order chi connectivity index (χ0) is 22.2. The Morgan fingerprint density at radius 1 is 1.19 bits per heavy atom. The highest BCUT2D eigenvalue weighted by Gasteiger charge is 2.31. The summed E-state index contributed by atoms with van der Waals surface area (Å²) in [6.45, 7) is 1.27. The van der Waals surface area contributed by atoms with Gasteiger partial charge in [0.2, 0.25) is 5.91 Å². The van der Waals surface area contributed by atoms with E-state index in [1.54, 1.807) is 24.3 Å². The molecule has 8 nitrogen and oxygen atoms in total. The van der Waals surface area contributed by atoms with E-state index in [1.807, 2.05) is 0 Å². The molecule has 166 valence electrons. The molecule has 1 aromatic carbocycles. The number of carbonyl (C=O) groups excluding carboxylic acids is 2. The molecule has 32 heavy (non-hydrogen) atoms. The lowest BCUT2D eigenvalue weighted by Crippen LogP contribution is -2.43. The molecule has 0 radical (unpaired) electrons. The normalized spacial score (nSPS) is 18.7. The van der Waals surface area contributed by atoms with Crippen molar-refractivity contribution in [2.45, 2.75) is 38.3 Å². The van der Waals surface area contributed by atoms with Gasteiger partial charge in [0.1, 0.15) is 11.0 Å². The quantitative estimate of drug-likeness (QED) is 0.555. The van der Waals surface area contributed by atoms with Crippen molar-refractivity contribution < 1.29 is 9.59 Å². The molecule has 1 atom stereocenters. The Kier molecular flexibility index (Phi) is 5.69. The van der Waals surface area contributed by atoms with Crippen LogP contribution in [0.4, 0.5) is 5.13 Å². The Labute approximate surface area is 193 Å². The number of aromatic nitrogens is 3. The number of anilines is 1. The number of rotatable bonds is 6. The van der Waals surface area contributed by atoms with E-state index < -0.39 is 0 Å². The fourth-order valence-electron chi connectivity index (χ4n) is 3.88. The van der Waals surface area contributed by atoms with Crippen molar-refractivity contribution in [3.63, 3.8) is 0 Å². The van der Waals surface area contributed by atoms with E-state index in [2.05, 4.69) is 20.2 Å². The number of fused-ring (bicyclic) bond motifs is 1. The number of ketones is 1. The minimum absolute atomic E-state index is 0.0713. The number of amides is 1. The third kappa shape index (κ3) is 4.40. The smallest absolute Gasteiger partial charge is 0.273 e. The Hall–Kier alpha value is -2.78. The lowest BCUT2D eigenvalue weighted by atomic mass is 9.97. The van der Waals surface area contributed by atoms with E-state index in [9.17, 15) is 14.4 Å². The van der Waals surface area contributed by atoms with Crippen molar-refractivity contribution in [3.8, 4) is 0 Å². The summed E-state index contributed by atoms with van der Waals surface area (Å²) in [7, 11) is 0. The topological polar surface area (TPSA) is 97.2 Å². The van der Waals surface area contributed by atoms with Crippen molar-refractivity contribution in [3.05, 3.63) is 51.5 Å². The molecular weight excluding hydrogens is 450 g/mol. The lowest BCUT2D eigenvalue weighted by Gasteiger charge is -2.31. The maximum atomic E-state index is 13.0. The molecule has 2 fully saturated rings. The molecule has 1 aliphatic carbocycles. The van der Waals surface area contributed by atoms with Crippen molar-refractivity contribution in [1.82, 2.24) is 19.9 Å². The number of carbonyl (C=O) groups is 2. The minimum Gasteiger partial charge on any atom is -0.353 e. The van der Waals surface area contributed by atoms with Crippen LogP contribution in [0.3, 0.4) is 0 Å². The zero-order valence-electron chi connectivity index (χ0n) is 17.3. The summed E-state index contributed by atoms with van der Waals surface area (Å²) in [5.74, 6) is -0.160. The summed E-state index contributed by atoms with van der Waals surface area (Å²) < 4.78 is 1.72. The SMILES string of the molecule is O=C(Cn1cnc2nc(N3CCCC(C(=O)NC4CC4)C3)sc2c1=O)c1ccc(Cl)cc1. The van der Waals surface area contributed by atoms with Gasteiger partial charge in [0.25, 0.3) is 5.56 Å². The second-order valence-corrected chi connectivity index (χ2v) is 9.74. The maximum absolute atomic E-state index is 13.0. The van der Waals surface area contributed by atoms with Crippen LogP contribution in [0.5, 0.6) is 0 Å². The molecule has 1 N–H and O–H groups in total. The predicted molar refractivity (Wildman–Crippen MR) is 124 cm³/mol. The van der Waals surface area contributed by atoms with Crippen molar-refractivity contribution in [2.75, 3.05) is 18.0 Å². The summed E-state index contributed by atoms with van der Waals surface area (Å²) in [4.78, 5) is 48.9. The van der Waals surface area contributed by atoms with Crippen molar-refractivity contribution in [1.29, 1.82) is 0 Å². The van der Waals surface area contributed by atoms with Crippen LogP contribution in [0, 0.1) is 5.92 Å². The number of benzene rings is 1. The highest BCUT2D eigenvalue weighted by molar-refractivity contribution is 7.22. The van der Waals surface area contributed by atoms with Crippen LogP contribution in [-0.2, 0) is 11.3 Å². The Morgan fingerprint density at radius 2 is 1.97 bits per heavy atom. The van der Waals surface area contributed by atoms with Gasteiger partial charge in [-0.1, -0.05) is 22.9 Å². The van der Waals surface area contributed by atoms with Gasteiger partial charge in [0, 0.05) is 29.7 Å². The second-order valence-electron chi connectivity index (χ2n) is 8.32. The molecule has 0 bridgehead atoms. The van der Waals surface area contributed by atoms with Gasteiger partial charge < -0.3 is 10.2 Å². The summed E-state index contributed by atoms with van der Waals surface area (Å²) in [6.07, 6.45) is 5.25. The third-order valence-corrected chi connectivity index (χ3v) is 7.18. The van der Waals surface area contributed by atoms with Gasteiger partial charge in [-0.15, -0.1) is 0 Å². The molecule has 1 unspecified atom stereocenters. The Morgan fingerprint density at radius 3 is 2.72 bits per heavy atom. The molecule has 5 rings (SSSR count). The van der Waals surface area contributed by atoms with Gasteiger partial charge in [-0.25, -0.2) is 4.98 Å². The highest BCUT2D eigenvalue weighted by Crippen LogP contribution is 2.30. The number of hydrogen-bond donors (Lipinski definition) is 1. The molecule has 3 heterocycles. The first-order valence-corrected chi connectivity index (χ1v) is 11.9. The first-order chi connectivity index (χ1) is 15.5. The van der Waals surface area contributed by atoms with E-state index in [0.717, 1.165) is 32.2 Å². The van der Waals surface area contributed by atoms with Crippen LogP contribution in [-0.4, -0.2) is 45.4 Å². The minimum atomic E-state index is -0.291. The van der Waals surface area contributed by atoms with Crippen LogP contribution in [0.2, 0.25) is 5.02 Å². The Balaban J connectivity index is 1.34. The first-order valence-electron chi connectivity index (χ1n) is 10.7. The number of thiazole rings is 1. The van der Waals surface area contributed by atoms with Gasteiger partial charge in [-0.3, -0.25) is 19.0 Å². The van der Waals surface area contributed by atoms with Crippen molar-refractivity contribution in [2.24, 2.45) is 5.92 Å². The monoisotopic (exact) mass is 471 g/mol. The van der Waals surface area contributed by atoms with E-state index in [1.165, 1.54) is 22.2 Å². The number of hydrogen-bond acceptors (Lipinski definition) is 7. The van der Waals surface area contributed by atoms with Gasteiger partial charge in [-0.05, 0) is 49.9 Å². The van der Waals surface area contributed by atoms with Crippen LogP contribution in [0.15, 0.2) is 35.4 Å². The molecule has 0 spiro atoms. The first kappa shape index (κ1) is 21.1. The number of nitrogens with zero attached hydrogens (tertiary/aromatic N) is 4. The van der Waals surface area contributed by atoms with Gasteiger partial charge in [0.15, 0.2) is 16.6 Å². The summed E-state index contributed by atoms with van der Waals surface area (Å²) in [6, 6.07) is 6.91. The maximum Gasteiger partial charge on any atom is 0.273 e. The number of nitrogens with one attached hydrogen (secondary N) is 1. The number of piperidine rings is 1. The average molecular weight is 472 g/mol. The van der Waals surface area contributed by atoms with Crippen LogP contribution >= 0.6 is 22.9 Å². The van der Waals surface area contributed by atoms with Crippen LogP contribution in [0.1, 0.15) is 36.0 Å². The number of Topliss-reactive ketones (excluding diaryl/α,β-unsaturated/α-hetero) is 1. The molecule has 1 amide bonds. The van der Waals surface area contributed by atoms with Crippen LogP contribution < -0.4 is 15.8 Å². The molecule has 2 aromatic heterocycles.